The quantitative estimate of drug-likeness (QED) is 0.624. The van der Waals surface area contributed by atoms with Gasteiger partial charge in [0.2, 0.25) is 0 Å². The molecule has 0 unspecified atom stereocenters. The minimum absolute atomic E-state index is 0.0435. The third-order valence-corrected chi connectivity index (χ3v) is 6.03. The Kier molecular flexibility index (Phi) is 5.56. The number of sulfonamides is 1. The van der Waals surface area contributed by atoms with Crippen molar-refractivity contribution in [1.29, 1.82) is 0 Å². The number of amides is 1. The van der Waals surface area contributed by atoms with E-state index in [9.17, 15) is 13.2 Å². The van der Waals surface area contributed by atoms with E-state index in [0.717, 1.165) is 4.47 Å². The number of carbonyl (C=O) groups excluding carboxylic acids is 1. The molecule has 140 valence electrons. The van der Waals surface area contributed by atoms with Gasteiger partial charge in [0.15, 0.2) is 10.8 Å². The lowest BCUT2D eigenvalue weighted by Crippen LogP contribution is -2.25. The number of hydrogen-bond acceptors (Lipinski definition) is 8. The van der Waals surface area contributed by atoms with Crippen molar-refractivity contribution in [3.05, 3.63) is 53.8 Å². The summed E-state index contributed by atoms with van der Waals surface area (Å²) in [6.45, 7) is 0. The van der Waals surface area contributed by atoms with Crippen molar-refractivity contribution in [2.75, 3.05) is 19.5 Å². The molecule has 1 N–H and O–H groups in total. The Morgan fingerprint density at radius 1 is 1.19 bits per heavy atom. The lowest BCUT2D eigenvalue weighted by Gasteiger charge is -2.14. The van der Waals surface area contributed by atoms with Crippen molar-refractivity contribution in [2.24, 2.45) is 0 Å². The predicted molar refractivity (Wildman–Crippen MR) is 99.5 cm³/mol. The van der Waals surface area contributed by atoms with E-state index < -0.39 is 15.9 Å². The molecule has 3 rings (SSSR count). The van der Waals surface area contributed by atoms with Crippen molar-refractivity contribution >= 4 is 33.0 Å². The van der Waals surface area contributed by atoms with E-state index in [1.54, 1.807) is 23.8 Å². The SMILES string of the molecule is CON(C)S(=O)(=O)c1ccc(NC(=O)c2csc(-c3ncccn3)n2)cc1. The average molecular weight is 405 g/mol. The van der Waals surface area contributed by atoms with Crippen LogP contribution in [0.5, 0.6) is 0 Å². The van der Waals surface area contributed by atoms with Crippen LogP contribution in [0.3, 0.4) is 0 Å². The molecule has 2 heterocycles. The van der Waals surface area contributed by atoms with E-state index in [-0.39, 0.29) is 10.6 Å². The Morgan fingerprint density at radius 3 is 2.48 bits per heavy atom. The van der Waals surface area contributed by atoms with Gasteiger partial charge >= 0.3 is 0 Å². The van der Waals surface area contributed by atoms with Crippen LogP contribution in [0.2, 0.25) is 0 Å². The van der Waals surface area contributed by atoms with E-state index >= 15 is 0 Å². The average Bonchev–Trinajstić information content (AvgIpc) is 3.19. The molecule has 11 heteroatoms. The number of carbonyl (C=O) groups is 1. The van der Waals surface area contributed by atoms with Gasteiger partial charge in [-0.15, -0.1) is 11.3 Å². The first-order valence-electron chi connectivity index (χ1n) is 7.59. The molecule has 9 nitrogen and oxygen atoms in total. The maximum absolute atomic E-state index is 12.3. The fourth-order valence-corrected chi connectivity index (χ4v) is 3.76. The van der Waals surface area contributed by atoms with Gasteiger partial charge in [-0.05, 0) is 30.3 Å². The van der Waals surface area contributed by atoms with Crippen molar-refractivity contribution in [1.82, 2.24) is 19.4 Å². The molecule has 1 amide bonds. The van der Waals surface area contributed by atoms with Crippen LogP contribution in [0.1, 0.15) is 10.5 Å². The van der Waals surface area contributed by atoms with Crippen LogP contribution in [0.25, 0.3) is 10.8 Å². The smallest absolute Gasteiger partial charge is 0.275 e. The van der Waals surface area contributed by atoms with Gasteiger partial charge in [-0.25, -0.2) is 23.4 Å². The number of nitrogens with one attached hydrogen (secondary N) is 1. The molecule has 0 saturated carbocycles. The maximum atomic E-state index is 12.3. The zero-order valence-electron chi connectivity index (χ0n) is 14.4. The number of nitrogens with zero attached hydrogens (tertiary/aromatic N) is 4. The van der Waals surface area contributed by atoms with Gasteiger partial charge < -0.3 is 5.32 Å². The minimum atomic E-state index is -3.74. The lowest BCUT2D eigenvalue weighted by atomic mass is 10.3. The number of hydrogen-bond donors (Lipinski definition) is 1. The maximum Gasteiger partial charge on any atom is 0.275 e. The van der Waals surface area contributed by atoms with Gasteiger partial charge in [0.1, 0.15) is 5.69 Å². The molecule has 0 aliphatic carbocycles. The fourth-order valence-electron chi connectivity index (χ4n) is 2.04. The topological polar surface area (TPSA) is 114 Å². The second-order valence-corrected chi connectivity index (χ2v) is 7.98. The van der Waals surface area contributed by atoms with Crippen LogP contribution in [0, 0.1) is 0 Å². The van der Waals surface area contributed by atoms with Gasteiger partial charge in [0, 0.05) is 30.5 Å². The van der Waals surface area contributed by atoms with E-state index in [2.05, 4.69) is 20.3 Å². The number of aromatic nitrogens is 3. The Morgan fingerprint density at radius 2 is 1.85 bits per heavy atom. The Labute approximate surface area is 159 Å². The van der Waals surface area contributed by atoms with Gasteiger partial charge in [-0.1, -0.05) is 4.47 Å². The predicted octanol–water partition coefficient (Wildman–Crippen LogP) is 2.03. The van der Waals surface area contributed by atoms with E-state index in [0.29, 0.717) is 16.5 Å². The summed E-state index contributed by atoms with van der Waals surface area (Å²) in [5.74, 6) is 0.0245. The molecule has 0 atom stereocenters. The van der Waals surface area contributed by atoms with Gasteiger partial charge in [-0.2, -0.15) is 0 Å². The summed E-state index contributed by atoms with van der Waals surface area (Å²) in [5.41, 5.74) is 0.655. The largest absolute Gasteiger partial charge is 0.321 e. The molecule has 0 radical (unpaired) electrons. The molecule has 0 saturated heterocycles. The van der Waals surface area contributed by atoms with E-state index in [1.165, 1.54) is 49.8 Å². The third kappa shape index (κ3) is 4.17. The minimum Gasteiger partial charge on any atom is -0.321 e. The number of benzene rings is 1. The van der Waals surface area contributed by atoms with E-state index in [4.69, 9.17) is 4.84 Å². The Bertz CT molecular complexity index is 1040. The summed E-state index contributed by atoms with van der Waals surface area (Å²) in [4.78, 5) is 29.5. The van der Waals surface area contributed by atoms with Gasteiger partial charge in [0.25, 0.3) is 15.9 Å². The first kappa shape index (κ1) is 19.0. The molecular formula is C16H15N5O4S2. The molecule has 3 aromatic rings. The highest BCUT2D eigenvalue weighted by Crippen LogP contribution is 2.21. The zero-order chi connectivity index (χ0) is 19.4. The molecule has 0 bridgehead atoms. The summed E-state index contributed by atoms with van der Waals surface area (Å²) in [6.07, 6.45) is 3.19. The molecule has 1 aromatic carbocycles. The summed E-state index contributed by atoms with van der Waals surface area (Å²) in [6, 6.07) is 7.43. The molecule has 0 spiro atoms. The van der Waals surface area contributed by atoms with Crippen LogP contribution in [-0.2, 0) is 14.9 Å². The van der Waals surface area contributed by atoms with Crippen LogP contribution in [0.4, 0.5) is 5.69 Å². The monoisotopic (exact) mass is 405 g/mol. The summed E-state index contributed by atoms with van der Waals surface area (Å²) >= 11 is 1.26. The second-order valence-electron chi connectivity index (χ2n) is 5.19. The molecule has 0 fully saturated rings. The normalized spacial score (nSPS) is 11.5. The number of anilines is 1. The third-order valence-electron chi connectivity index (χ3n) is 3.50. The molecule has 0 aliphatic heterocycles. The van der Waals surface area contributed by atoms with Crippen molar-refractivity contribution in [3.8, 4) is 10.8 Å². The van der Waals surface area contributed by atoms with Gasteiger partial charge in [-0.3, -0.25) is 9.63 Å². The highest BCUT2D eigenvalue weighted by molar-refractivity contribution is 7.89. The highest BCUT2D eigenvalue weighted by Gasteiger charge is 2.20. The highest BCUT2D eigenvalue weighted by atomic mass is 32.2. The first-order valence-corrected chi connectivity index (χ1v) is 9.91. The fraction of sp³-hybridized carbons (Fsp3) is 0.125. The first-order chi connectivity index (χ1) is 12.9. The molecule has 0 aliphatic rings. The standard InChI is InChI=1S/C16H15N5O4S2/c1-21(25-2)27(23,24)12-6-4-11(5-7-12)19-15(22)13-10-26-16(20-13)14-17-8-3-9-18-14/h3-10H,1-2H3,(H,19,22). The molecule has 27 heavy (non-hydrogen) atoms. The van der Waals surface area contributed by atoms with Crippen LogP contribution >= 0.6 is 11.3 Å². The molecular weight excluding hydrogens is 390 g/mol. The summed E-state index contributed by atoms with van der Waals surface area (Å²) < 4.78 is 25.1. The van der Waals surface area contributed by atoms with Crippen LogP contribution < -0.4 is 5.32 Å². The summed E-state index contributed by atoms with van der Waals surface area (Å²) in [5, 5.41) is 4.81. The van der Waals surface area contributed by atoms with E-state index in [1.807, 2.05) is 0 Å². The zero-order valence-corrected chi connectivity index (χ0v) is 16.0. The van der Waals surface area contributed by atoms with Crippen LogP contribution in [0.15, 0.2) is 53.0 Å². The van der Waals surface area contributed by atoms with Crippen molar-refractivity contribution < 1.29 is 18.0 Å². The number of thiazole rings is 1. The number of hydroxylamine groups is 1. The summed E-state index contributed by atoms with van der Waals surface area (Å²) in [7, 11) is -1.19. The van der Waals surface area contributed by atoms with Crippen molar-refractivity contribution in [3.63, 3.8) is 0 Å². The lowest BCUT2D eigenvalue weighted by molar-refractivity contribution is -0.0258. The van der Waals surface area contributed by atoms with Crippen LogP contribution in [-0.4, -0.2) is 47.9 Å². The Hall–Kier alpha value is -2.73. The Balaban J connectivity index is 1.73. The second kappa shape index (κ2) is 7.88. The number of rotatable bonds is 6. The van der Waals surface area contributed by atoms with Gasteiger partial charge in [0.05, 0.1) is 12.0 Å². The van der Waals surface area contributed by atoms with Crippen molar-refractivity contribution in [2.45, 2.75) is 4.90 Å². The molecule has 2 aromatic heterocycles.